The second-order valence-corrected chi connectivity index (χ2v) is 16.1. The molecule has 140 valence electrons. The fourth-order valence-electron chi connectivity index (χ4n) is 2.02. The van der Waals surface area contributed by atoms with Crippen LogP contribution in [-0.4, -0.2) is 11.5 Å². The summed E-state index contributed by atoms with van der Waals surface area (Å²) in [7, 11) is -6.48. The Kier molecular flexibility index (Phi) is 7.69. The minimum atomic E-state index is -3.24. The van der Waals surface area contributed by atoms with Crippen LogP contribution in [0.5, 0.6) is 0 Å². The molecule has 0 aliphatic rings. The van der Waals surface area contributed by atoms with Crippen LogP contribution < -0.4 is 0 Å². The molecule has 0 radical (unpaired) electrons. The van der Waals surface area contributed by atoms with Crippen LogP contribution in [0.25, 0.3) is 0 Å². The Hall–Kier alpha value is -0.220. The average Bonchev–Trinajstić information content (AvgIpc) is 2.56. The highest BCUT2D eigenvalue weighted by Gasteiger charge is 2.44. The summed E-state index contributed by atoms with van der Waals surface area (Å²) in [5, 5.41) is 0. The molecule has 2 atom stereocenters. The molecule has 2 rings (SSSR count). The molecule has 0 fully saturated rings. The van der Waals surface area contributed by atoms with E-state index in [1.54, 1.807) is 60.7 Å². The first kappa shape index (κ1) is 21.1. The van der Waals surface area contributed by atoms with E-state index in [0.717, 1.165) is 0 Å². The van der Waals surface area contributed by atoms with Crippen LogP contribution in [0, 0.1) is 0 Å². The van der Waals surface area contributed by atoms with Gasteiger partial charge in [0.2, 0.25) is 0 Å². The van der Waals surface area contributed by atoms with E-state index in [4.69, 9.17) is 3.63 Å². The van der Waals surface area contributed by atoms with E-state index in [0.29, 0.717) is 11.1 Å². The van der Waals surface area contributed by atoms with E-state index in [2.05, 4.69) is 29.6 Å². The molecule has 2 aromatic rings. The highest BCUT2D eigenvalue weighted by Crippen LogP contribution is 2.78. The van der Waals surface area contributed by atoms with E-state index in [1.807, 2.05) is 0 Å². The Labute approximate surface area is 162 Å². The molecular formula is C16H16Br2F4OS2. The molecular weight excluding hydrogens is 508 g/mol. The first-order valence-corrected chi connectivity index (χ1v) is 14.4. The molecule has 0 N–H and O–H groups in total. The zero-order chi connectivity index (χ0) is 18.5. The first-order chi connectivity index (χ1) is 11.8. The first-order valence-electron chi connectivity index (χ1n) is 7.09. The van der Waals surface area contributed by atoms with Crippen molar-refractivity contribution in [1.29, 1.82) is 0 Å². The van der Waals surface area contributed by atoms with E-state index >= 15 is 0 Å². The maximum atomic E-state index is 13.7. The van der Waals surface area contributed by atoms with Gasteiger partial charge in [0.1, 0.15) is 0 Å². The zero-order valence-electron chi connectivity index (χ0n) is 12.8. The number of benzene rings is 2. The highest BCUT2D eigenvalue weighted by molar-refractivity contribution is 9.61. The second kappa shape index (κ2) is 9.12. The SMILES string of the molecule is FC(F)S(Br)(Cc1ccccc1)OS(Br)(Cc1ccccc1)C(F)F. The molecule has 0 aliphatic carbocycles. The van der Waals surface area contributed by atoms with Crippen LogP contribution in [0.4, 0.5) is 17.6 Å². The van der Waals surface area contributed by atoms with Crippen LogP contribution >= 0.6 is 47.1 Å². The third-order valence-corrected chi connectivity index (χ3v) is 12.5. The number of rotatable bonds is 8. The quantitative estimate of drug-likeness (QED) is 0.319. The van der Waals surface area contributed by atoms with E-state index in [9.17, 15) is 17.6 Å². The normalized spacial score (nSPS) is 19.2. The molecule has 0 bridgehead atoms. The standard InChI is InChI=1S/C16H16Br2F4OS2/c17-24(15(19)20,11-13-7-3-1-4-8-13)23-25(18,16(21)22)12-14-9-5-2-6-10-14/h1-10,15-16H,11-12H2. The minimum Gasteiger partial charge on any atom is -0.259 e. The second-order valence-electron chi connectivity index (χ2n) is 5.13. The Bertz CT molecular complexity index is 608. The zero-order valence-corrected chi connectivity index (χ0v) is 17.6. The fourth-order valence-corrected chi connectivity index (χ4v) is 12.3. The van der Waals surface area contributed by atoms with Gasteiger partial charge in [-0.05, 0) is 11.1 Å². The van der Waals surface area contributed by atoms with Gasteiger partial charge in [0, 0.05) is 58.6 Å². The van der Waals surface area contributed by atoms with Gasteiger partial charge in [-0.15, -0.1) is 0 Å². The highest BCUT2D eigenvalue weighted by atomic mass is 79.9. The maximum absolute atomic E-state index is 13.7. The molecule has 0 saturated carbocycles. The Morgan fingerprint density at radius 1 is 0.680 bits per heavy atom. The van der Waals surface area contributed by atoms with Gasteiger partial charge in [-0.25, -0.2) is 0 Å². The lowest BCUT2D eigenvalue weighted by Crippen LogP contribution is -2.16. The molecule has 25 heavy (non-hydrogen) atoms. The predicted molar refractivity (Wildman–Crippen MR) is 106 cm³/mol. The lowest BCUT2D eigenvalue weighted by atomic mass is 10.2. The minimum absolute atomic E-state index is 0.159. The number of hydrogen-bond donors (Lipinski definition) is 0. The summed E-state index contributed by atoms with van der Waals surface area (Å²) in [4.78, 5) is 0. The van der Waals surface area contributed by atoms with Crippen molar-refractivity contribution in [2.24, 2.45) is 0 Å². The summed E-state index contributed by atoms with van der Waals surface area (Å²) in [5.41, 5.74) is 1.19. The molecule has 1 nitrogen and oxygen atoms in total. The van der Waals surface area contributed by atoms with Crippen LogP contribution in [0.2, 0.25) is 0 Å². The summed E-state index contributed by atoms with van der Waals surface area (Å²) in [6.07, 6.45) is 0. The summed E-state index contributed by atoms with van der Waals surface area (Å²) in [6, 6.07) is 17.0. The smallest absolute Gasteiger partial charge is 0.259 e. The van der Waals surface area contributed by atoms with Crippen molar-refractivity contribution < 1.29 is 21.2 Å². The van der Waals surface area contributed by atoms with Gasteiger partial charge in [-0.2, -0.15) is 17.6 Å². The average molecular weight is 524 g/mol. The van der Waals surface area contributed by atoms with Crippen molar-refractivity contribution in [1.82, 2.24) is 0 Å². The van der Waals surface area contributed by atoms with E-state index in [-0.39, 0.29) is 11.5 Å². The molecule has 2 aromatic carbocycles. The van der Waals surface area contributed by atoms with Crippen molar-refractivity contribution >= 4 is 47.1 Å². The fraction of sp³-hybridized carbons (Fsp3) is 0.250. The van der Waals surface area contributed by atoms with Gasteiger partial charge in [0.15, 0.2) is 0 Å². The van der Waals surface area contributed by atoms with Crippen molar-refractivity contribution in [2.45, 2.75) is 23.0 Å². The molecule has 9 heteroatoms. The number of alkyl halides is 4. The lowest BCUT2D eigenvalue weighted by Gasteiger charge is -2.42. The predicted octanol–water partition coefficient (Wildman–Crippen LogP) is 7.91. The summed E-state index contributed by atoms with van der Waals surface area (Å²) in [5.74, 6) is -6.14. The molecule has 0 amide bonds. The third-order valence-electron chi connectivity index (χ3n) is 3.17. The van der Waals surface area contributed by atoms with Gasteiger partial charge >= 0.3 is 0 Å². The summed E-state index contributed by atoms with van der Waals surface area (Å²) in [6.45, 7) is 0. The molecule has 0 saturated heterocycles. The molecule has 0 heterocycles. The monoisotopic (exact) mass is 522 g/mol. The van der Waals surface area contributed by atoms with Gasteiger partial charge in [-0.1, -0.05) is 60.7 Å². The number of halogens is 6. The van der Waals surface area contributed by atoms with Gasteiger partial charge in [-0.3, -0.25) is 3.63 Å². The molecule has 0 aromatic heterocycles. The Balaban J connectivity index is 2.27. The van der Waals surface area contributed by atoms with Gasteiger partial charge < -0.3 is 0 Å². The molecule has 0 spiro atoms. The van der Waals surface area contributed by atoms with Crippen LogP contribution in [0.3, 0.4) is 0 Å². The number of hydrogen-bond acceptors (Lipinski definition) is 1. The topological polar surface area (TPSA) is 9.23 Å². The van der Waals surface area contributed by atoms with E-state index < -0.39 is 29.0 Å². The van der Waals surface area contributed by atoms with Crippen molar-refractivity contribution in [3.63, 3.8) is 0 Å². The third kappa shape index (κ3) is 5.89. The van der Waals surface area contributed by atoms with Crippen LogP contribution in [0.1, 0.15) is 11.1 Å². The largest absolute Gasteiger partial charge is 0.299 e. The van der Waals surface area contributed by atoms with Crippen LogP contribution in [0.15, 0.2) is 60.7 Å². The maximum Gasteiger partial charge on any atom is 0.299 e. The Morgan fingerprint density at radius 2 is 1.00 bits per heavy atom. The molecule has 0 aliphatic heterocycles. The van der Waals surface area contributed by atoms with Gasteiger partial charge in [0.25, 0.3) is 11.5 Å². The molecule has 2 unspecified atom stereocenters. The van der Waals surface area contributed by atoms with Crippen molar-refractivity contribution in [3.8, 4) is 0 Å². The van der Waals surface area contributed by atoms with E-state index in [1.165, 1.54) is 0 Å². The summed E-state index contributed by atoms with van der Waals surface area (Å²) >= 11 is 5.95. The lowest BCUT2D eigenvalue weighted by molar-refractivity contribution is 0.230. The van der Waals surface area contributed by atoms with Gasteiger partial charge in [0.05, 0.1) is 0 Å². The van der Waals surface area contributed by atoms with Crippen molar-refractivity contribution in [2.75, 3.05) is 0 Å². The van der Waals surface area contributed by atoms with Crippen LogP contribution in [-0.2, 0) is 15.1 Å². The summed E-state index contributed by atoms with van der Waals surface area (Å²) < 4.78 is 60.3. The Morgan fingerprint density at radius 3 is 1.28 bits per heavy atom. The van der Waals surface area contributed by atoms with Crippen molar-refractivity contribution in [3.05, 3.63) is 71.8 Å².